The number of aliphatic imine (C=N–C) groups is 1. The number of rotatable bonds is 5. The molecule has 0 unspecified atom stereocenters. The molecule has 0 atom stereocenters. The van der Waals surface area contributed by atoms with Gasteiger partial charge in [-0.2, -0.15) is 0 Å². The largest absolute Gasteiger partial charge is 0.438 e. The highest BCUT2D eigenvalue weighted by atomic mass is 79.9. The molecule has 2 aromatic heterocycles. The smallest absolute Gasteiger partial charge is 0.254 e. The maximum Gasteiger partial charge on any atom is 0.254 e. The number of fused-ring (bicyclic) bond motifs is 1. The van der Waals surface area contributed by atoms with E-state index in [1.165, 1.54) is 55.4 Å². The summed E-state index contributed by atoms with van der Waals surface area (Å²) in [5.41, 5.74) is 2.05. The predicted octanol–water partition coefficient (Wildman–Crippen LogP) is 6.79. The third kappa shape index (κ3) is 4.84. The van der Waals surface area contributed by atoms with Crippen LogP contribution >= 0.6 is 27.3 Å². The molecule has 5 rings (SSSR count). The predicted molar refractivity (Wildman–Crippen MR) is 135 cm³/mol. The van der Waals surface area contributed by atoms with Crippen molar-refractivity contribution in [3.8, 4) is 0 Å². The lowest BCUT2D eigenvalue weighted by Gasteiger charge is -2.26. The molecule has 1 saturated heterocycles. The van der Waals surface area contributed by atoms with Gasteiger partial charge in [-0.05, 0) is 79.3 Å². The lowest BCUT2D eigenvalue weighted by atomic mass is 9.93. The van der Waals surface area contributed by atoms with Crippen molar-refractivity contribution in [2.45, 2.75) is 83.1 Å². The van der Waals surface area contributed by atoms with E-state index >= 15 is 0 Å². The number of nitrogens with zero attached hydrogens (tertiary/aromatic N) is 2. The van der Waals surface area contributed by atoms with Crippen LogP contribution < -0.4 is 10.2 Å². The number of hydrogen-bond acceptors (Lipinski definition) is 5. The van der Waals surface area contributed by atoms with E-state index in [0.29, 0.717) is 6.04 Å². The number of nitrogens with one attached hydrogen (secondary N) is 1. The quantitative estimate of drug-likeness (QED) is 0.444. The van der Waals surface area contributed by atoms with Crippen molar-refractivity contribution in [2.24, 2.45) is 4.99 Å². The summed E-state index contributed by atoms with van der Waals surface area (Å²) < 4.78 is 7.11. The molecule has 2 fully saturated rings. The van der Waals surface area contributed by atoms with Crippen molar-refractivity contribution in [1.29, 1.82) is 0 Å². The molecule has 2 aromatic rings. The second-order valence-electron chi connectivity index (χ2n) is 9.31. The zero-order chi connectivity index (χ0) is 21.9. The van der Waals surface area contributed by atoms with Gasteiger partial charge in [-0.15, -0.1) is 11.3 Å². The fraction of sp³-hybridized carbons (Fsp3) is 0.600. The van der Waals surface area contributed by atoms with E-state index in [2.05, 4.69) is 26.1 Å². The fourth-order valence-corrected chi connectivity index (χ4v) is 7.04. The molecule has 172 valence electrons. The molecule has 0 radical (unpaired) electrons. The summed E-state index contributed by atoms with van der Waals surface area (Å²) in [5, 5.41) is 4.15. The van der Waals surface area contributed by atoms with Crippen LogP contribution in [0, 0.1) is 0 Å². The number of amides is 1. The van der Waals surface area contributed by atoms with Gasteiger partial charge in [0.25, 0.3) is 5.91 Å². The Morgan fingerprint density at radius 1 is 1.09 bits per heavy atom. The van der Waals surface area contributed by atoms with Crippen LogP contribution in [0.15, 0.2) is 19.9 Å². The number of hydrogen-bond donors (Lipinski definition) is 1. The van der Waals surface area contributed by atoms with Crippen molar-refractivity contribution in [2.75, 3.05) is 18.0 Å². The Morgan fingerprint density at radius 2 is 1.84 bits per heavy atom. The van der Waals surface area contributed by atoms with E-state index in [0.717, 1.165) is 71.9 Å². The normalized spacial score (nSPS) is 20.0. The third-order valence-electron chi connectivity index (χ3n) is 6.96. The van der Waals surface area contributed by atoms with Gasteiger partial charge in [0.15, 0.2) is 0 Å². The zero-order valence-corrected chi connectivity index (χ0v) is 21.0. The molecule has 1 N–H and O–H groups in total. The highest BCUT2D eigenvalue weighted by Crippen LogP contribution is 2.40. The lowest BCUT2D eigenvalue weighted by Crippen LogP contribution is -2.36. The van der Waals surface area contributed by atoms with E-state index in [1.54, 1.807) is 17.6 Å². The summed E-state index contributed by atoms with van der Waals surface area (Å²) in [4.78, 5) is 21.8. The van der Waals surface area contributed by atoms with Gasteiger partial charge in [-0.25, -0.2) is 4.99 Å². The van der Waals surface area contributed by atoms with Gasteiger partial charge in [0.1, 0.15) is 10.8 Å². The SMILES string of the molecule is O=C(NC1CCCCC1)c1c(N=Cc2cc(Br)c(N3CCCCC3)o2)sc2c1CCCC2. The van der Waals surface area contributed by atoms with E-state index in [9.17, 15) is 4.79 Å². The van der Waals surface area contributed by atoms with Crippen LogP contribution in [-0.2, 0) is 12.8 Å². The number of furan rings is 1. The maximum absolute atomic E-state index is 13.3. The minimum absolute atomic E-state index is 0.0677. The Kier molecular flexibility index (Phi) is 7.02. The molecule has 3 aliphatic rings. The number of aryl methyl sites for hydroxylation is 1. The van der Waals surface area contributed by atoms with Gasteiger partial charge in [-0.1, -0.05) is 19.3 Å². The minimum Gasteiger partial charge on any atom is -0.438 e. The average molecular weight is 519 g/mol. The summed E-state index contributed by atoms with van der Waals surface area (Å²) in [6.07, 6.45) is 15.8. The lowest BCUT2D eigenvalue weighted by molar-refractivity contribution is 0.0927. The molecule has 32 heavy (non-hydrogen) atoms. The Morgan fingerprint density at radius 3 is 2.66 bits per heavy atom. The summed E-state index contributed by atoms with van der Waals surface area (Å²) in [7, 11) is 0. The highest BCUT2D eigenvalue weighted by molar-refractivity contribution is 9.10. The average Bonchev–Trinajstić information content (AvgIpc) is 3.39. The first kappa shape index (κ1) is 22.2. The monoisotopic (exact) mass is 517 g/mol. The van der Waals surface area contributed by atoms with Gasteiger partial charge in [0.2, 0.25) is 5.88 Å². The molecule has 7 heteroatoms. The second kappa shape index (κ2) is 10.1. The van der Waals surface area contributed by atoms with Crippen LogP contribution in [0.1, 0.15) is 90.8 Å². The molecule has 5 nitrogen and oxygen atoms in total. The van der Waals surface area contributed by atoms with Crippen molar-refractivity contribution in [3.63, 3.8) is 0 Å². The van der Waals surface area contributed by atoms with Gasteiger partial charge < -0.3 is 14.6 Å². The minimum atomic E-state index is 0.0677. The zero-order valence-electron chi connectivity index (χ0n) is 18.6. The summed E-state index contributed by atoms with van der Waals surface area (Å²) in [6.45, 7) is 2.07. The van der Waals surface area contributed by atoms with E-state index < -0.39 is 0 Å². The van der Waals surface area contributed by atoms with Crippen LogP contribution in [0.2, 0.25) is 0 Å². The molecule has 3 heterocycles. The second-order valence-corrected chi connectivity index (χ2v) is 11.2. The number of carbonyl (C=O) groups excluding carboxylic acids is 1. The third-order valence-corrected chi connectivity index (χ3v) is 8.73. The first-order valence-electron chi connectivity index (χ1n) is 12.2. The number of carbonyl (C=O) groups is 1. The molecule has 2 aliphatic carbocycles. The Hall–Kier alpha value is -1.60. The maximum atomic E-state index is 13.3. The van der Waals surface area contributed by atoms with Crippen LogP contribution in [0.25, 0.3) is 0 Å². The topological polar surface area (TPSA) is 57.8 Å². The standard InChI is InChI=1S/C25H32BrN3O2S/c26-20-15-18(31-25(20)29-13-7-2-8-14-29)16-27-24-22(19-11-5-6-12-21(19)32-24)23(30)28-17-9-3-1-4-10-17/h15-17H,1-14H2,(H,28,30). The van der Waals surface area contributed by atoms with Crippen LogP contribution in [-0.4, -0.2) is 31.3 Å². The molecule has 1 aliphatic heterocycles. The number of anilines is 1. The first-order valence-corrected chi connectivity index (χ1v) is 13.8. The fourth-order valence-electron chi connectivity index (χ4n) is 5.26. The van der Waals surface area contributed by atoms with Crippen molar-refractivity contribution < 1.29 is 9.21 Å². The van der Waals surface area contributed by atoms with Crippen molar-refractivity contribution >= 4 is 50.3 Å². The van der Waals surface area contributed by atoms with Crippen LogP contribution in [0.3, 0.4) is 0 Å². The molecule has 0 aromatic carbocycles. The van der Waals surface area contributed by atoms with Crippen molar-refractivity contribution in [1.82, 2.24) is 5.32 Å². The molecule has 0 spiro atoms. The van der Waals surface area contributed by atoms with Gasteiger partial charge in [0, 0.05) is 30.1 Å². The number of halogens is 1. The Labute approximate surface area is 202 Å². The first-order chi connectivity index (χ1) is 15.7. The molecular formula is C25H32BrN3O2S. The van der Waals surface area contributed by atoms with Gasteiger partial charge >= 0.3 is 0 Å². The van der Waals surface area contributed by atoms with E-state index in [1.807, 2.05) is 6.07 Å². The van der Waals surface area contributed by atoms with Crippen LogP contribution in [0.5, 0.6) is 0 Å². The summed E-state index contributed by atoms with van der Waals surface area (Å²) >= 11 is 5.35. The molecule has 0 bridgehead atoms. The van der Waals surface area contributed by atoms with E-state index in [-0.39, 0.29) is 5.91 Å². The summed E-state index contributed by atoms with van der Waals surface area (Å²) in [6, 6.07) is 2.29. The van der Waals surface area contributed by atoms with Crippen LogP contribution in [0.4, 0.5) is 10.9 Å². The number of piperidine rings is 1. The molecule has 1 amide bonds. The summed E-state index contributed by atoms with van der Waals surface area (Å²) in [5.74, 6) is 1.69. The van der Waals surface area contributed by atoms with Gasteiger partial charge in [0.05, 0.1) is 16.3 Å². The number of thiophene rings is 1. The Balaban J connectivity index is 1.39. The highest BCUT2D eigenvalue weighted by Gasteiger charge is 2.27. The van der Waals surface area contributed by atoms with Crippen molar-refractivity contribution in [3.05, 3.63) is 32.3 Å². The molecule has 1 saturated carbocycles. The van der Waals surface area contributed by atoms with Gasteiger partial charge in [-0.3, -0.25) is 4.79 Å². The molecular weight excluding hydrogens is 486 g/mol. The Bertz CT molecular complexity index is 984. The van der Waals surface area contributed by atoms with E-state index in [4.69, 9.17) is 9.41 Å².